The SMILES string of the molecule is CO[C@@H]1C[C@H]2C(=O)N3CCN(S(C)(=O)=O)C[C@H]3C(=O)N2C1. The monoisotopic (exact) mass is 317 g/mol. The van der Waals surface area contributed by atoms with Crippen molar-refractivity contribution in [2.75, 3.05) is 39.5 Å². The highest BCUT2D eigenvalue weighted by Crippen LogP contribution is 2.30. The second kappa shape index (κ2) is 4.92. The summed E-state index contributed by atoms with van der Waals surface area (Å²) in [6.45, 7) is 0.957. The zero-order chi connectivity index (χ0) is 15.4. The van der Waals surface area contributed by atoms with E-state index in [0.717, 1.165) is 6.26 Å². The van der Waals surface area contributed by atoms with Crippen LogP contribution in [-0.4, -0.2) is 92.1 Å². The number of ether oxygens (including phenoxy) is 1. The molecule has 21 heavy (non-hydrogen) atoms. The van der Waals surface area contributed by atoms with Gasteiger partial charge in [0.1, 0.15) is 12.1 Å². The molecule has 0 N–H and O–H groups in total. The van der Waals surface area contributed by atoms with Gasteiger partial charge in [-0.1, -0.05) is 0 Å². The first-order valence-corrected chi connectivity index (χ1v) is 8.76. The molecule has 3 fully saturated rings. The molecule has 3 heterocycles. The lowest BCUT2D eigenvalue weighted by molar-refractivity contribution is -0.161. The van der Waals surface area contributed by atoms with Gasteiger partial charge in [-0.2, -0.15) is 4.31 Å². The lowest BCUT2D eigenvalue weighted by Gasteiger charge is -2.46. The summed E-state index contributed by atoms with van der Waals surface area (Å²) < 4.78 is 29.8. The maximum absolute atomic E-state index is 12.6. The van der Waals surface area contributed by atoms with Crippen molar-refractivity contribution in [2.45, 2.75) is 24.6 Å². The van der Waals surface area contributed by atoms with Crippen LogP contribution < -0.4 is 0 Å². The number of carbonyl (C=O) groups excluding carboxylic acids is 2. The van der Waals surface area contributed by atoms with Gasteiger partial charge in [0.25, 0.3) is 0 Å². The molecule has 3 rings (SSSR count). The Labute approximate surface area is 123 Å². The number of nitrogens with zero attached hydrogens (tertiary/aromatic N) is 3. The quantitative estimate of drug-likeness (QED) is 0.593. The van der Waals surface area contributed by atoms with Crippen LogP contribution in [0.15, 0.2) is 0 Å². The third kappa shape index (κ3) is 2.33. The first kappa shape index (κ1) is 14.7. The third-order valence-electron chi connectivity index (χ3n) is 4.54. The Hall–Kier alpha value is -1.19. The minimum absolute atomic E-state index is 0.0459. The molecule has 3 aliphatic rings. The van der Waals surface area contributed by atoms with E-state index in [1.165, 1.54) is 9.21 Å². The zero-order valence-electron chi connectivity index (χ0n) is 12.1. The van der Waals surface area contributed by atoms with Gasteiger partial charge in [-0.15, -0.1) is 0 Å². The Morgan fingerprint density at radius 3 is 2.33 bits per heavy atom. The smallest absolute Gasteiger partial charge is 0.247 e. The minimum atomic E-state index is -3.35. The number of piperazine rings is 2. The largest absolute Gasteiger partial charge is 0.380 e. The molecule has 0 radical (unpaired) electrons. The van der Waals surface area contributed by atoms with Crippen LogP contribution in [0.3, 0.4) is 0 Å². The summed E-state index contributed by atoms with van der Waals surface area (Å²) in [5, 5.41) is 0. The lowest BCUT2D eigenvalue weighted by atomic mass is 10.0. The number of methoxy groups -OCH3 is 1. The molecule has 3 aliphatic heterocycles. The molecule has 0 aromatic heterocycles. The summed E-state index contributed by atoms with van der Waals surface area (Å²) in [5.74, 6) is -0.264. The van der Waals surface area contributed by atoms with Gasteiger partial charge in [0.15, 0.2) is 0 Å². The summed E-state index contributed by atoms with van der Waals surface area (Å²) in [4.78, 5) is 28.2. The summed E-state index contributed by atoms with van der Waals surface area (Å²) in [5.41, 5.74) is 0. The molecular weight excluding hydrogens is 298 g/mol. The first-order chi connectivity index (χ1) is 9.82. The maximum atomic E-state index is 12.6. The Bertz CT molecular complexity index is 577. The molecule has 0 aromatic carbocycles. The van der Waals surface area contributed by atoms with Crippen molar-refractivity contribution in [3.05, 3.63) is 0 Å². The third-order valence-corrected chi connectivity index (χ3v) is 5.81. The van der Waals surface area contributed by atoms with Gasteiger partial charge >= 0.3 is 0 Å². The van der Waals surface area contributed by atoms with Crippen LogP contribution in [0.5, 0.6) is 0 Å². The van der Waals surface area contributed by atoms with Gasteiger partial charge in [0.05, 0.1) is 12.4 Å². The lowest BCUT2D eigenvalue weighted by Crippen LogP contribution is -2.69. The molecule has 118 valence electrons. The van der Waals surface area contributed by atoms with E-state index in [-0.39, 0.29) is 37.6 Å². The van der Waals surface area contributed by atoms with Crippen molar-refractivity contribution in [2.24, 2.45) is 0 Å². The van der Waals surface area contributed by atoms with Crippen molar-refractivity contribution in [3.63, 3.8) is 0 Å². The fourth-order valence-electron chi connectivity index (χ4n) is 3.36. The molecule has 3 atom stereocenters. The fraction of sp³-hybridized carbons (Fsp3) is 0.833. The molecule has 9 heteroatoms. The molecule has 0 saturated carbocycles. The Morgan fingerprint density at radius 1 is 1.05 bits per heavy atom. The van der Waals surface area contributed by atoms with E-state index in [2.05, 4.69) is 0 Å². The molecule has 8 nitrogen and oxygen atoms in total. The topological polar surface area (TPSA) is 87.2 Å². The van der Waals surface area contributed by atoms with Crippen molar-refractivity contribution in [3.8, 4) is 0 Å². The molecule has 2 amide bonds. The molecule has 0 aromatic rings. The minimum Gasteiger partial charge on any atom is -0.380 e. The van der Waals surface area contributed by atoms with E-state index in [4.69, 9.17) is 4.74 Å². The highest BCUT2D eigenvalue weighted by Gasteiger charge is 2.52. The van der Waals surface area contributed by atoms with Gasteiger partial charge < -0.3 is 14.5 Å². The average Bonchev–Trinajstić information content (AvgIpc) is 2.88. The van der Waals surface area contributed by atoms with Crippen LogP contribution in [0.4, 0.5) is 0 Å². The van der Waals surface area contributed by atoms with Gasteiger partial charge in [-0.05, 0) is 0 Å². The summed E-state index contributed by atoms with van der Waals surface area (Å²) in [7, 11) is -1.79. The second-order valence-electron chi connectivity index (χ2n) is 5.77. The van der Waals surface area contributed by atoms with Crippen molar-refractivity contribution in [1.29, 1.82) is 0 Å². The highest BCUT2D eigenvalue weighted by molar-refractivity contribution is 7.88. The molecule has 0 spiro atoms. The summed E-state index contributed by atoms with van der Waals surface area (Å²) >= 11 is 0. The molecule has 0 bridgehead atoms. The zero-order valence-corrected chi connectivity index (χ0v) is 12.9. The van der Waals surface area contributed by atoms with Crippen LogP contribution in [0.2, 0.25) is 0 Å². The standard InChI is InChI=1S/C12H19N3O5S/c1-20-8-5-9-11(16)14-4-3-13(21(2,18)19)7-10(14)12(17)15(9)6-8/h8-10H,3-7H2,1-2H3/t8-,9+,10+/m1/s1. The number of hydrogen-bond acceptors (Lipinski definition) is 5. The average molecular weight is 317 g/mol. The van der Waals surface area contributed by atoms with Crippen LogP contribution in [0.25, 0.3) is 0 Å². The number of rotatable bonds is 2. The Kier molecular flexibility index (Phi) is 3.45. The number of sulfonamides is 1. The van der Waals surface area contributed by atoms with Gasteiger partial charge in [-0.3, -0.25) is 9.59 Å². The molecular formula is C12H19N3O5S. The number of amides is 2. The van der Waals surface area contributed by atoms with Crippen LogP contribution >= 0.6 is 0 Å². The Balaban J connectivity index is 1.85. The van der Waals surface area contributed by atoms with Crippen LogP contribution in [0, 0.1) is 0 Å². The van der Waals surface area contributed by atoms with Crippen molar-refractivity contribution in [1.82, 2.24) is 14.1 Å². The number of hydrogen-bond donors (Lipinski definition) is 0. The fourth-order valence-corrected chi connectivity index (χ4v) is 4.19. The van der Waals surface area contributed by atoms with Gasteiger partial charge in [0, 0.05) is 39.7 Å². The molecule has 0 aliphatic carbocycles. The van der Waals surface area contributed by atoms with Gasteiger partial charge in [-0.25, -0.2) is 8.42 Å². The predicted molar refractivity (Wildman–Crippen MR) is 72.8 cm³/mol. The number of carbonyl (C=O) groups is 2. The second-order valence-corrected chi connectivity index (χ2v) is 7.75. The number of fused-ring (bicyclic) bond motifs is 2. The van der Waals surface area contributed by atoms with E-state index in [9.17, 15) is 18.0 Å². The Morgan fingerprint density at radius 2 is 1.71 bits per heavy atom. The maximum Gasteiger partial charge on any atom is 0.247 e. The van der Waals surface area contributed by atoms with Crippen molar-refractivity contribution >= 4 is 21.8 Å². The van der Waals surface area contributed by atoms with Crippen LogP contribution in [-0.2, 0) is 24.3 Å². The van der Waals surface area contributed by atoms with Crippen LogP contribution in [0.1, 0.15) is 6.42 Å². The summed E-state index contributed by atoms with van der Waals surface area (Å²) in [6, 6.07) is -1.16. The first-order valence-electron chi connectivity index (χ1n) is 6.92. The van der Waals surface area contributed by atoms with E-state index >= 15 is 0 Å². The van der Waals surface area contributed by atoms with E-state index in [0.29, 0.717) is 13.0 Å². The highest BCUT2D eigenvalue weighted by atomic mass is 32.2. The summed E-state index contributed by atoms with van der Waals surface area (Å²) in [6.07, 6.45) is 1.51. The van der Waals surface area contributed by atoms with E-state index < -0.39 is 22.1 Å². The molecule has 3 saturated heterocycles. The van der Waals surface area contributed by atoms with E-state index in [1.54, 1.807) is 12.0 Å². The molecule has 0 unspecified atom stereocenters. The van der Waals surface area contributed by atoms with Gasteiger partial charge in [0.2, 0.25) is 21.8 Å². The van der Waals surface area contributed by atoms with E-state index in [1.807, 2.05) is 0 Å². The normalized spacial score (nSPS) is 34.1. The predicted octanol–water partition coefficient (Wildman–Crippen LogP) is -1.91. The van der Waals surface area contributed by atoms with Crippen molar-refractivity contribution < 1.29 is 22.7 Å².